The van der Waals surface area contributed by atoms with Crippen LogP contribution in [0.5, 0.6) is 5.75 Å². The van der Waals surface area contributed by atoms with Gasteiger partial charge in [0, 0.05) is 22.5 Å². The van der Waals surface area contributed by atoms with E-state index >= 15 is 0 Å². The molecule has 0 radical (unpaired) electrons. The minimum absolute atomic E-state index is 0.0330. The van der Waals surface area contributed by atoms with Crippen LogP contribution in [0.15, 0.2) is 66.4 Å². The number of fused-ring (bicyclic) bond motifs is 1. The summed E-state index contributed by atoms with van der Waals surface area (Å²) in [5, 5.41) is 12.3. The van der Waals surface area contributed by atoms with E-state index in [1.54, 1.807) is 19.1 Å². The summed E-state index contributed by atoms with van der Waals surface area (Å²) >= 11 is 0. The second kappa shape index (κ2) is 8.94. The van der Waals surface area contributed by atoms with Crippen LogP contribution >= 0.6 is 0 Å². The van der Waals surface area contributed by atoms with E-state index in [9.17, 15) is 27.9 Å². The summed E-state index contributed by atoms with van der Waals surface area (Å²) in [4.78, 5) is 27.4. The third-order valence-corrected chi connectivity index (χ3v) is 5.80. The molecule has 0 aliphatic carbocycles. The lowest BCUT2D eigenvalue weighted by Crippen LogP contribution is -2.25. The van der Waals surface area contributed by atoms with E-state index < -0.39 is 17.6 Å². The van der Waals surface area contributed by atoms with Gasteiger partial charge in [-0.3, -0.25) is 14.5 Å². The van der Waals surface area contributed by atoms with Crippen LogP contribution in [0.3, 0.4) is 0 Å². The minimum Gasteiger partial charge on any atom is -0.508 e. The Morgan fingerprint density at radius 2 is 1.60 bits per heavy atom. The van der Waals surface area contributed by atoms with Crippen molar-refractivity contribution in [3.8, 4) is 5.75 Å². The number of anilines is 2. The number of alkyl halides is 3. The summed E-state index contributed by atoms with van der Waals surface area (Å²) in [5.41, 5.74) is 2.78. The number of halogens is 3. The lowest BCUT2D eigenvalue weighted by atomic mass is 10.0. The summed E-state index contributed by atoms with van der Waals surface area (Å²) in [7, 11) is 0. The van der Waals surface area contributed by atoms with Crippen LogP contribution in [0.4, 0.5) is 24.5 Å². The zero-order chi connectivity index (χ0) is 25.5. The first kappa shape index (κ1) is 24.1. The van der Waals surface area contributed by atoms with Gasteiger partial charge in [-0.25, -0.2) is 0 Å². The van der Waals surface area contributed by atoms with Crippen LogP contribution < -0.4 is 10.2 Å². The second-order valence-electron chi connectivity index (χ2n) is 8.54. The normalized spacial score (nSPS) is 14.7. The molecule has 0 bridgehead atoms. The van der Waals surface area contributed by atoms with Crippen LogP contribution in [0.2, 0.25) is 0 Å². The molecule has 0 saturated carbocycles. The van der Waals surface area contributed by atoms with Crippen LogP contribution in [0, 0.1) is 13.8 Å². The van der Waals surface area contributed by atoms with Crippen LogP contribution in [-0.4, -0.2) is 23.3 Å². The van der Waals surface area contributed by atoms with Gasteiger partial charge < -0.3 is 10.4 Å². The number of carbonyl (C=O) groups is 2. The topological polar surface area (TPSA) is 69.6 Å². The number of phenolic OH excluding ortho intramolecular Hbond substituents is 1. The van der Waals surface area contributed by atoms with Crippen molar-refractivity contribution in [1.82, 2.24) is 5.32 Å². The first-order valence-electron chi connectivity index (χ1n) is 10.9. The number of allylic oxidation sites excluding steroid dienone is 1. The second-order valence-corrected chi connectivity index (χ2v) is 8.54. The number of nitrogens with zero attached hydrogens (tertiary/aromatic N) is 1. The van der Waals surface area contributed by atoms with Gasteiger partial charge in [0.2, 0.25) is 0 Å². The van der Waals surface area contributed by atoms with Crippen LogP contribution in [0.25, 0.3) is 5.57 Å². The molecule has 8 heteroatoms. The summed E-state index contributed by atoms with van der Waals surface area (Å²) in [6.07, 6.45) is -4.57. The fourth-order valence-electron chi connectivity index (χ4n) is 4.19. The maximum Gasteiger partial charge on any atom is 0.416 e. The van der Waals surface area contributed by atoms with Crippen molar-refractivity contribution >= 4 is 28.6 Å². The number of Topliss-reactive ketones (excluding diaryl/α,β-unsaturated/α-hetero) is 1. The third-order valence-electron chi connectivity index (χ3n) is 5.80. The molecule has 0 fully saturated rings. The summed E-state index contributed by atoms with van der Waals surface area (Å²) in [5.74, 6) is -0.716. The zero-order valence-electron chi connectivity index (χ0n) is 19.3. The van der Waals surface area contributed by atoms with Gasteiger partial charge in [0.15, 0.2) is 5.78 Å². The number of aryl methyl sites for hydroxylation is 2. The highest BCUT2D eigenvalue weighted by Crippen LogP contribution is 2.45. The summed E-state index contributed by atoms with van der Waals surface area (Å²) in [6, 6.07) is 14.4. The molecule has 1 aliphatic heterocycles. The lowest BCUT2D eigenvalue weighted by molar-refractivity contribution is -0.137. The van der Waals surface area contributed by atoms with Crippen LogP contribution in [0.1, 0.15) is 39.5 Å². The number of phenols is 1. The van der Waals surface area contributed by atoms with Gasteiger partial charge in [-0.1, -0.05) is 12.1 Å². The molecule has 5 nitrogen and oxygen atoms in total. The highest BCUT2D eigenvalue weighted by atomic mass is 19.4. The number of carbonyl (C=O) groups excluding carboxylic acids is 2. The number of amides is 1. The Morgan fingerprint density at radius 3 is 2.20 bits per heavy atom. The quantitative estimate of drug-likeness (QED) is 0.352. The fraction of sp³-hybridized carbons (Fsp3) is 0.185. The summed E-state index contributed by atoms with van der Waals surface area (Å²) in [6.45, 7) is 5.18. The maximum absolute atomic E-state index is 13.6. The van der Waals surface area contributed by atoms with Crippen molar-refractivity contribution < 1.29 is 27.9 Å². The van der Waals surface area contributed by atoms with Crippen LogP contribution in [-0.2, 0) is 11.0 Å². The van der Waals surface area contributed by atoms with E-state index in [1.807, 2.05) is 19.9 Å². The largest absolute Gasteiger partial charge is 0.508 e. The Labute approximate surface area is 200 Å². The first-order chi connectivity index (χ1) is 16.5. The Morgan fingerprint density at radius 1 is 0.971 bits per heavy atom. The van der Waals surface area contributed by atoms with Gasteiger partial charge in [0.1, 0.15) is 5.75 Å². The van der Waals surface area contributed by atoms with Crippen molar-refractivity contribution in [3.05, 3.63) is 94.2 Å². The maximum atomic E-state index is 13.6. The number of ketones is 1. The predicted octanol–water partition coefficient (Wildman–Crippen LogP) is 5.91. The molecule has 180 valence electrons. The molecule has 1 amide bonds. The van der Waals surface area contributed by atoms with Gasteiger partial charge in [0.25, 0.3) is 5.91 Å². The first-order valence-corrected chi connectivity index (χ1v) is 10.9. The van der Waals surface area contributed by atoms with E-state index in [2.05, 4.69) is 5.32 Å². The van der Waals surface area contributed by atoms with E-state index in [0.717, 1.165) is 23.3 Å². The molecule has 35 heavy (non-hydrogen) atoms. The van der Waals surface area contributed by atoms with E-state index in [-0.39, 0.29) is 29.3 Å². The van der Waals surface area contributed by atoms with Gasteiger partial charge in [-0.15, -0.1) is 0 Å². The molecule has 0 atom stereocenters. The van der Waals surface area contributed by atoms with Gasteiger partial charge in [-0.2, -0.15) is 13.2 Å². The zero-order valence-corrected chi connectivity index (χ0v) is 19.3. The predicted molar refractivity (Wildman–Crippen MR) is 128 cm³/mol. The number of benzene rings is 3. The molecule has 0 spiro atoms. The average molecular weight is 480 g/mol. The van der Waals surface area contributed by atoms with Crippen molar-refractivity contribution in [1.29, 1.82) is 0 Å². The minimum atomic E-state index is -4.57. The monoisotopic (exact) mass is 480 g/mol. The number of hydrogen-bond acceptors (Lipinski definition) is 4. The Balaban J connectivity index is 1.75. The van der Waals surface area contributed by atoms with Crippen molar-refractivity contribution in [3.63, 3.8) is 0 Å². The molecular formula is C27H23F3N2O3. The molecule has 0 unspecified atom stereocenters. The number of nitrogens with one attached hydrogen (secondary N) is 1. The van der Waals surface area contributed by atoms with Crippen molar-refractivity contribution in [2.24, 2.45) is 0 Å². The molecule has 3 aromatic rings. The lowest BCUT2D eigenvalue weighted by Gasteiger charge is -2.20. The number of hydrogen-bond donors (Lipinski definition) is 2. The molecule has 0 saturated heterocycles. The Hall–Kier alpha value is -4.07. The highest BCUT2D eigenvalue weighted by molar-refractivity contribution is 6.35. The standard InChI is InChI=1S/C27H23F3N2O3/c1-15-10-16(2)12-20(11-15)32-23-13-19(27(28,29)30)6-9-22(23)25(26(32)35)17(3)31-14-24(34)18-4-7-21(33)8-5-18/h4-13,31,33H,14H2,1-3H3/b25-17-. The molecule has 3 aromatic carbocycles. The number of aromatic hydroxyl groups is 1. The summed E-state index contributed by atoms with van der Waals surface area (Å²) < 4.78 is 40.4. The van der Waals surface area contributed by atoms with Crippen molar-refractivity contribution in [2.45, 2.75) is 26.9 Å². The van der Waals surface area contributed by atoms with Crippen molar-refractivity contribution in [2.75, 3.05) is 11.4 Å². The Bertz CT molecular complexity index is 1340. The van der Waals surface area contributed by atoms with E-state index in [0.29, 0.717) is 22.5 Å². The molecule has 4 rings (SSSR count). The van der Waals surface area contributed by atoms with E-state index in [1.165, 1.54) is 35.2 Å². The van der Waals surface area contributed by atoms with Gasteiger partial charge in [-0.05, 0) is 80.4 Å². The van der Waals surface area contributed by atoms with Gasteiger partial charge >= 0.3 is 6.18 Å². The SMILES string of the molecule is C/C(NCC(=O)c1ccc(O)cc1)=C1/C(=O)N(c2cc(C)cc(C)c2)c2cc(C(F)(F)F)ccc21. The third kappa shape index (κ3) is 4.77. The number of rotatable bonds is 5. The highest BCUT2D eigenvalue weighted by Gasteiger charge is 2.39. The smallest absolute Gasteiger partial charge is 0.416 e. The molecule has 1 aliphatic rings. The Kier molecular flexibility index (Phi) is 6.15. The molecule has 1 heterocycles. The average Bonchev–Trinajstić information content (AvgIpc) is 3.07. The molecular weight excluding hydrogens is 457 g/mol. The molecule has 0 aromatic heterocycles. The van der Waals surface area contributed by atoms with Gasteiger partial charge in [0.05, 0.1) is 23.4 Å². The fourth-order valence-corrected chi connectivity index (χ4v) is 4.19. The van der Waals surface area contributed by atoms with E-state index in [4.69, 9.17) is 0 Å². The molecule has 2 N–H and O–H groups in total.